The van der Waals surface area contributed by atoms with Gasteiger partial charge in [-0.1, -0.05) is 12.2 Å². The van der Waals surface area contributed by atoms with Crippen LogP contribution < -0.4 is 0 Å². The summed E-state index contributed by atoms with van der Waals surface area (Å²) < 4.78 is 5.37. The molecule has 0 aromatic rings. The van der Waals surface area contributed by atoms with Crippen molar-refractivity contribution in [1.82, 2.24) is 4.90 Å². The van der Waals surface area contributed by atoms with Crippen LogP contribution in [0.1, 0.15) is 12.8 Å². The van der Waals surface area contributed by atoms with Gasteiger partial charge in [-0.2, -0.15) is 0 Å². The predicted molar refractivity (Wildman–Crippen MR) is 53.6 cm³/mol. The second-order valence-electron chi connectivity index (χ2n) is 4.62. The molecule has 0 radical (unpaired) electrons. The van der Waals surface area contributed by atoms with E-state index < -0.39 is 0 Å². The van der Waals surface area contributed by atoms with E-state index in [0.29, 0.717) is 5.92 Å². The molecule has 0 saturated heterocycles. The van der Waals surface area contributed by atoms with Crippen LogP contribution in [0.5, 0.6) is 0 Å². The molecule has 0 spiro atoms. The van der Waals surface area contributed by atoms with Gasteiger partial charge in [-0.3, -0.25) is 0 Å². The van der Waals surface area contributed by atoms with Gasteiger partial charge in [0.05, 0.1) is 12.1 Å². The van der Waals surface area contributed by atoms with E-state index in [9.17, 15) is 0 Å². The fourth-order valence-corrected chi connectivity index (χ4v) is 2.99. The fourth-order valence-electron chi connectivity index (χ4n) is 2.99. The first-order chi connectivity index (χ1) is 6.19. The molecule has 1 saturated carbocycles. The average Bonchev–Trinajstić information content (AvgIpc) is 2.64. The summed E-state index contributed by atoms with van der Waals surface area (Å²) in [6.07, 6.45) is 7.37. The maximum atomic E-state index is 5.37. The van der Waals surface area contributed by atoms with Crippen LogP contribution in [0.4, 0.5) is 0 Å². The van der Waals surface area contributed by atoms with E-state index in [1.165, 1.54) is 12.8 Å². The van der Waals surface area contributed by atoms with E-state index in [2.05, 4.69) is 31.1 Å². The molecule has 13 heavy (non-hydrogen) atoms. The lowest BCUT2D eigenvalue weighted by Gasteiger charge is -2.41. The Hall–Kier alpha value is -0.340. The molecule has 0 heterocycles. The van der Waals surface area contributed by atoms with Crippen LogP contribution >= 0.6 is 0 Å². The third-order valence-corrected chi connectivity index (χ3v) is 3.76. The van der Waals surface area contributed by atoms with Gasteiger partial charge in [0.2, 0.25) is 0 Å². The van der Waals surface area contributed by atoms with Crippen LogP contribution in [0.3, 0.4) is 0 Å². The number of likely N-dealkylation sites (N-methyl/N-ethyl adjacent to an activating group) is 1. The molecule has 3 atom stereocenters. The summed E-state index contributed by atoms with van der Waals surface area (Å²) in [6.45, 7) is 0.867. The van der Waals surface area contributed by atoms with Gasteiger partial charge < -0.3 is 9.64 Å². The molecule has 0 N–H and O–H groups in total. The van der Waals surface area contributed by atoms with E-state index in [0.717, 1.165) is 12.5 Å². The zero-order chi connectivity index (χ0) is 9.47. The average molecular weight is 181 g/mol. The van der Waals surface area contributed by atoms with Crippen molar-refractivity contribution in [3.63, 3.8) is 0 Å². The van der Waals surface area contributed by atoms with Crippen molar-refractivity contribution in [2.24, 2.45) is 11.8 Å². The molecule has 2 heteroatoms. The summed E-state index contributed by atoms with van der Waals surface area (Å²) >= 11 is 0. The smallest absolute Gasteiger partial charge is 0.0652 e. The van der Waals surface area contributed by atoms with Crippen LogP contribution in [-0.4, -0.2) is 38.3 Å². The number of fused-ring (bicyclic) bond motifs is 2. The lowest BCUT2D eigenvalue weighted by Crippen LogP contribution is -2.51. The highest BCUT2D eigenvalue weighted by molar-refractivity contribution is 5.19. The van der Waals surface area contributed by atoms with Crippen molar-refractivity contribution in [3.05, 3.63) is 12.2 Å². The van der Waals surface area contributed by atoms with Crippen molar-refractivity contribution >= 4 is 0 Å². The summed E-state index contributed by atoms with van der Waals surface area (Å²) in [5.74, 6) is 1.52. The minimum atomic E-state index is 0.286. The third-order valence-electron chi connectivity index (χ3n) is 3.76. The van der Waals surface area contributed by atoms with E-state index in [-0.39, 0.29) is 5.54 Å². The molecule has 2 rings (SSSR count). The first kappa shape index (κ1) is 9.22. The Balaban J connectivity index is 2.20. The molecule has 0 aromatic carbocycles. The highest BCUT2D eigenvalue weighted by Gasteiger charge is 2.49. The standard InChI is InChI=1S/C11H19NO/c1-12(2)11(8-13-3)7-9-4-5-10(11)6-9/h4-5,9-10H,6-8H2,1-3H3/t9-,10+,11+/m0/s1. The minimum absolute atomic E-state index is 0.286. The maximum absolute atomic E-state index is 5.37. The third kappa shape index (κ3) is 1.24. The summed E-state index contributed by atoms with van der Waals surface area (Å²) in [4.78, 5) is 2.35. The number of allylic oxidation sites excluding steroid dienone is 1. The van der Waals surface area contributed by atoms with Gasteiger partial charge in [-0.15, -0.1) is 0 Å². The van der Waals surface area contributed by atoms with E-state index in [4.69, 9.17) is 4.74 Å². The van der Waals surface area contributed by atoms with Crippen molar-refractivity contribution in [2.45, 2.75) is 18.4 Å². The van der Waals surface area contributed by atoms with Gasteiger partial charge in [0, 0.05) is 7.11 Å². The van der Waals surface area contributed by atoms with Crippen LogP contribution in [-0.2, 0) is 4.74 Å². The zero-order valence-corrected chi connectivity index (χ0v) is 8.79. The molecule has 0 amide bonds. The first-order valence-corrected chi connectivity index (χ1v) is 5.04. The molecule has 2 aliphatic carbocycles. The Labute approximate surface area is 80.6 Å². The Kier molecular flexibility index (Phi) is 2.20. The molecule has 1 fully saturated rings. The number of hydrogen-bond acceptors (Lipinski definition) is 2. The minimum Gasteiger partial charge on any atom is -0.383 e. The van der Waals surface area contributed by atoms with E-state index in [1.807, 2.05) is 0 Å². The van der Waals surface area contributed by atoms with Crippen molar-refractivity contribution < 1.29 is 4.74 Å². The Morgan fingerprint density at radius 2 is 2.23 bits per heavy atom. The molecule has 2 aliphatic rings. The molecular weight excluding hydrogens is 162 g/mol. The first-order valence-electron chi connectivity index (χ1n) is 5.04. The topological polar surface area (TPSA) is 12.5 Å². The largest absolute Gasteiger partial charge is 0.383 e. The van der Waals surface area contributed by atoms with Crippen LogP contribution in [0, 0.1) is 11.8 Å². The SMILES string of the molecule is COC[C@]1(N(C)C)C[C@H]2C=C[C@@H]1C2. The maximum Gasteiger partial charge on any atom is 0.0652 e. The lowest BCUT2D eigenvalue weighted by molar-refractivity contribution is 0.0218. The number of nitrogens with zero attached hydrogens (tertiary/aromatic N) is 1. The number of rotatable bonds is 3. The molecule has 0 unspecified atom stereocenters. The van der Waals surface area contributed by atoms with Crippen LogP contribution in [0.15, 0.2) is 12.2 Å². The monoisotopic (exact) mass is 181 g/mol. The molecule has 2 nitrogen and oxygen atoms in total. The summed E-state index contributed by atoms with van der Waals surface area (Å²) in [6, 6.07) is 0. The predicted octanol–water partition coefficient (Wildman–Crippen LogP) is 1.53. The second kappa shape index (κ2) is 3.10. The van der Waals surface area contributed by atoms with Crippen LogP contribution in [0.25, 0.3) is 0 Å². The zero-order valence-electron chi connectivity index (χ0n) is 8.79. The summed E-state index contributed by atoms with van der Waals surface area (Å²) in [5, 5.41) is 0. The molecular formula is C11H19NO. The highest BCUT2D eigenvalue weighted by Crippen LogP contribution is 2.48. The number of hydrogen-bond donors (Lipinski definition) is 0. The fraction of sp³-hybridized carbons (Fsp3) is 0.818. The second-order valence-corrected chi connectivity index (χ2v) is 4.62. The van der Waals surface area contributed by atoms with Gasteiger partial charge in [0.15, 0.2) is 0 Å². The van der Waals surface area contributed by atoms with Crippen molar-refractivity contribution in [1.29, 1.82) is 0 Å². The van der Waals surface area contributed by atoms with Crippen LogP contribution in [0.2, 0.25) is 0 Å². The molecule has 0 aliphatic heterocycles. The molecule has 74 valence electrons. The van der Waals surface area contributed by atoms with Gasteiger partial charge in [0.1, 0.15) is 0 Å². The highest BCUT2D eigenvalue weighted by atomic mass is 16.5. The Morgan fingerprint density at radius 1 is 1.46 bits per heavy atom. The summed E-state index contributed by atoms with van der Waals surface area (Å²) in [5.41, 5.74) is 0.286. The summed E-state index contributed by atoms with van der Waals surface area (Å²) in [7, 11) is 6.15. The van der Waals surface area contributed by atoms with Crippen molar-refractivity contribution in [2.75, 3.05) is 27.8 Å². The van der Waals surface area contributed by atoms with Gasteiger partial charge >= 0.3 is 0 Å². The number of methoxy groups -OCH3 is 1. The lowest BCUT2D eigenvalue weighted by atomic mass is 9.84. The Morgan fingerprint density at radius 3 is 2.62 bits per heavy atom. The van der Waals surface area contributed by atoms with Gasteiger partial charge in [-0.25, -0.2) is 0 Å². The number of ether oxygens (including phenoxy) is 1. The quantitative estimate of drug-likeness (QED) is 0.612. The normalized spacial score (nSPS) is 42.2. The van der Waals surface area contributed by atoms with Gasteiger partial charge in [0.25, 0.3) is 0 Å². The van der Waals surface area contributed by atoms with E-state index in [1.54, 1.807) is 7.11 Å². The van der Waals surface area contributed by atoms with E-state index >= 15 is 0 Å². The van der Waals surface area contributed by atoms with Crippen molar-refractivity contribution in [3.8, 4) is 0 Å². The van der Waals surface area contributed by atoms with Gasteiger partial charge in [-0.05, 0) is 38.8 Å². The molecule has 2 bridgehead atoms. The molecule has 0 aromatic heterocycles. The Bertz CT molecular complexity index is 224.